The standard InChI is InChI=1S/C16H25ClO2/c1-13(2)9-16(11-18-3,12-19-4)15-7-5-14(10-17)6-8-15/h5-8,13H,9-12H2,1-4H3. The van der Waals surface area contributed by atoms with E-state index >= 15 is 0 Å². The number of ether oxygens (including phenoxy) is 2. The van der Waals surface area contributed by atoms with Gasteiger partial charge < -0.3 is 9.47 Å². The summed E-state index contributed by atoms with van der Waals surface area (Å²) in [5, 5.41) is 0. The maximum Gasteiger partial charge on any atom is 0.0581 e. The van der Waals surface area contributed by atoms with Gasteiger partial charge in [0.1, 0.15) is 0 Å². The molecule has 3 heteroatoms. The normalized spacial score (nSPS) is 12.1. The van der Waals surface area contributed by atoms with Gasteiger partial charge in [-0.1, -0.05) is 38.1 Å². The van der Waals surface area contributed by atoms with Crippen molar-refractivity contribution >= 4 is 11.6 Å². The van der Waals surface area contributed by atoms with Crippen molar-refractivity contribution in [2.45, 2.75) is 31.6 Å². The first kappa shape index (κ1) is 16.5. The summed E-state index contributed by atoms with van der Waals surface area (Å²) in [6, 6.07) is 8.47. The first-order valence-corrected chi connectivity index (χ1v) is 7.24. The van der Waals surface area contributed by atoms with E-state index in [2.05, 4.69) is 38.1 Å². The van der Waals surface area contributed by atoms with Gasteiger partial charge in [-0.15, -0.1) is 11.6 Å². The van der Waals surface area contributed by atoms with Gasteiger partial charge in [-0.3, -0.25) is 0 Å². The Morgan fingerprint density at radius 1 is 1.05 bits per heavy atom. The highest BCUT2D eigenvalue weighted by molar-refractivity contribution is 6.17. The molecule has 0 bridgehead atoms. The largest absolute Gasteiger partial charge is 0.384 e. The molecule has 0 heterocycles. The van der Waals surface area contributed by atoms with E-state index in [4.69, 9.17) is 21.1 Å². The molecule has 0 aliphatic rings. The molecule has 0 radical (unpaired) electrons. The van der Waals surface area contributed by atoms with E-state index in [-0.39, 0.29) is 5.41 Å². The lowest BCUT2D eigenvalue weighted by atomic mass is 9.75. The first-order valence-electron chi connectivity index (χ1n) is 6.71. The first-order chi connectivity index (χ1) is 9.07. The highest BCUT2D eigenvalue weighted by Crippen LogP contribution is 2.32. The van der Waals surface area contributed by atoms with Crippen LogP contribution in [0.2, 0.25) is 0 Å². The molecule has 0 N–H and O–H groups in total. The van der Waals surface area contributed by atoms with Gasteiger partial charge in [-0.05, 0) is 23.5 Å². The number of hydrogen-bond donors (Lipinski definition) is 0. The number of alkyl halides is 1. The molecule has 0 unspecified atom stereocenters. The molecule has 0 amide bonds. The summed E-state index contributed by atoms with van der Waals surface area (Å²) in [5.41, 5.74) is 2.32. The van der Waals surface area contributed by atoms with E-state index < -0.39 is 0 Å². The third-order valence-electron chi connectivity index (χ3n) is 3.36. The van der Waals surface area contributed by atoms with Crippen LogP contribution in [0.5, 0.6) is 0 Å². The van der Waals surface area contributed by atoms with E-state index in [1.807, 2.05) is 0 Å². The van der Waals surface area contributed by atoms with E-state index in [1.165, 1.54) is 5.56 Å². The van der Waals surface area contributed by atoms with E-state index in [1.54, 1.807) is 14.2 Å². The van der Waals surface area contributed by atoms with Gasteiger partial charge in [0.15, 0.2) is 0 Å². The quantitative estimate of drug-likeness (QED) is 0.672. The topological polar surface area (TPSA) is 18.5 Å². The Bertz CT molecular complexity index is 354. The molecule has 19 heavy (non-hydrogen) atoms. The minimum Gasteiger partial charge on any atom is -0.384 e. The fraction of sp³-hybridized carbons (Fsp3) is 0.625. The van der Waals surface area contributed by atoms with Crippen LogP contribution in [0, 0.1) is 5.92 Å². The molecule has 1 aromatic rings. The zero-order valence-corrected chi connectivity index (χ0v) is 13.2. The number of methoxy groups -OCH3 is 2. The van der Waals surface area contributed by atoms with Crippen LogP contribution in [0.15, 0.2) is 24.3 Å². The van der Waals surface area contributed by atoms with Gasteiger partial charge in [-0.2, -0.15) is 0 Å². The average Bonchev–Trinajstić information content (AvgIpc) is 2.38. The second-order valence-electron chi connectivity index (χ2n) is 5.57. The average molecular weight is 285 g/mol. The molecule has 1 rings (SSSR count). The smallest absolute Gasteiger partial charge is 0.0581 e. The van der Waals surface area contributed by atoms with Crippen LogP contribution in [-0.4, -0.2) is 27.4 Å². The van der Waals surface area contributed by atoms with Crippen LogP contribution in [0.3, 0.4) is 0 Å². The van der Waals surface area contributed by atoms with Crippen LogP contribution >= 0.6 is 11.6 Å². The number of benzene rings is 1. The maximum atomic E-state index is 5.85. The molecule has 0 aromatic heterocycles. The van der Waals surface area contributed by atoms with Gasteiger partial charge in [0, 0.05) is 25.5 Å². The molecule has 0 aliphatic carbocycles. The Kier molecular flexibility index (Phi) is 6.84. The summed E-state index contributed by atoms with van der Waals surface area (Å²) in [7, 11) is 3.50. The lowest BCUT2D eigenvalue weighted by Crippen LogP contribution is -2.38. The van der Waals surface area contributed by atoms with Gasteiger partial charge in [0.05, 0.1) is 13.2 Å². The predicted octanol–water partition coefficient (Wildman–Crippen LogP) is 4.00. The number of hydrogen-bond acceptors (Lipinski definition) is 2. The van der Waals surface area contributed by atoms with Crippen LogP contribution in [0.25, 0.3) is 0 Å². The molecule has 0 spiro atoms. The van der Waals surface area contributed by atoms with Crippen molar-refractivity contribution in [3.05, 3.63) is 35.4 Å². The summed E-state index contributed by atoms with van der Waals surface area (Å²) < 4.78 is 10.9. The lowest BCUT2D eigenvalue weighted by Gasteiger charge is -2.35. The van der Waals surface area contributed by atoms with Crippen molar-refractivity contribution in [2.75, 3.05) is 27.4 Å². The number of rotatable bonds is 8. The molecule has 0 saturated heterocycles. The molecule has 108 valence electrons. The fourth-order valence-electron chi connectivity index (χ4n) is 2.73. The zero-order valence-electron chi connectivity index (χ0n) is 12.4. The second-order valence-corrected chi connectivity index (χ2v) is 5.84. The monoisotopic (exact) mass is 284 g/mol. The van der Waals surface area contributed by atoms with E-state index in [0.29, 0.717) is 25.0 Å². The molecular weight excluding hydrogens is 260 g/mol. The Hall–Kier alpha value is -0.570. The van der Waals surface area contributed by atoms with Crippen molar-refractivity contribution in [3.63, 3.8) is 0 Å². The molecule has 0 saturated carbocycles. The Morgan fingerprint density at radius 3 is 1.95 bits per heavy atom. The molecule has 0 fully saturated rings. The van der Waals surface area contributed by atoms with E-state index in [0.717, 1.165) is 12.0 Å². The Morgan fingerprint density at radius 2 is 1.58 bits per heavy atom. The Balaban J connectivity index is 3.09. The highest BCUT2D eigenvalue weighted by atomic mass is 35.5. The summed E-state index contributed by atoms with van der Waals surface area (Å²) in [6.07, 6.45) is 1.04. The van der Waals surface area contributed by atoms with Crippen molar-refractivity contribution in [1.29, 1.82) is 0 Å². The third-order valence-corrected chi connectivity index (χ3v) is 3.67. The summed E-state index contributed by atoms with van der Waals surface area (Å²) in [6.45, 7) is 5.79. The van der Waals surface area contributed by atoms with Crippen molar-refractivity contribution in [1.82, 2.24) is 0 Å². The van der Waals surface area contributed by atoms with Gasteiger partial charge in [0.25, 0.3) is 0 Å². The van der Waals surface area contributed by atoms with Crippen molar-refractivity contribution in [2.24, 2.45) is 5.92 Å². The lowest BCUT2D eigenvalue weighted by molar-refractivity contribution is 0.0473. The molecule has 2 nitrogen and oxygen atoms in total. The molecular formula is C16H25ClO2. The maximum absolute atomic E-state index is 5.85. The van der Waals surface area contributed by atoms with Crippen LogP contribution in [0.1, 0.15) is 31.4 Å². The third kappa shape index (κ3) is 4.48. The number of halogens is 1. The van der Waals surface area contributed by atoms with Crippen LogP contribution in [-0.2, 0) is 20.8 Å². The van der Waals surface area contributed by atoms with Crippen molar-refractivity contribution < 1.29 is 9.47 Å². The van der Waals surface area contributed by atoms with Crippen LogP contribution in [0.4, 0.5) is 0 Å². The highest BCUT2D eigenvalue weighted by Gasteiger charge is 2.33. The zero-order chi connectivity index (χ0) is 14.3. The SMILES string of the molecule is COCC(COC)(CC(C)C)c1ccc(CCl)cc1. The molecule has 0 aliphatic heterocycles. The Labute approximate surface area is 122 Å². The van der Waals surface area contributed by atoms with Gasteiger partial charge in [0.2, 0.25) is 0 Å². The van der Waals surface area contributed by atoms with Gasteiger partial charge >= 0.3 is 0 Å². The fourth-order valence-corrected chi connectivity index (χ4v) is 2.90. The summed E-state index contributed by atoms with van der Waals surface area (Å²) in [4.78, 5) is 0. The minimum atomic E-state index is -0.0808. The van der Waals surface area contributed by atoms with Crippen molar-refractivity contribution in [3.8, 4) is 0 Å². The summed E-state index contributed by atoms with van der Waals surface area (Å²) in [5.74, 6) is 1.13. The van der Waals surface area contributed by atoms with E-state index in [9.17, 15) is 0 Å². The predicted molar refractivity (Wildman–Crippen MR) is 80.9 cm³/mol. The van der Waals surface area contributed by atoms with Crippen LogP contribution < -0.4 is 0 Å². The summed E-state index contributed by atoms with van der Waals surface area (Å²) >= 11 is 5.85. The minimum absolute atomic E-state index is 0.0808. The second kappa shape index (κ2) is 7.88. The molecule has 1 aromatic carbocycles. The molecule has 0 atom stereocenters. The van der Waals surface area contributed by atoms with Gasteiger partial charge in [-0.25, -0.2) is 0 Å².